The molecular formula is C20H20N4O3S. The molecule has 0 saturated carbocycles. The number of aromatic nitrogens is 1. The van der Waals surface area contributed by atoms with Gasteiger partial charge < -0.3 is 15.0 Å². The highest BCUT2D eigenvalue weighted by atomic mass is 32.1. The Morgan fingerprint density at radius 3 is 2.25 bits per heavy atom. The van der Waals surface area contributed by atoms with Gasteiger partial charge in [-0.2, -0.15) is 0 Å². The van der Waals surface area contributed by atoms with Crippen molar-refractivity contribution in [1.82, 2.24) is 4.98 Å². The maximum absolute atomic E-state index is 12.4. The average Bonchev–Trinajstić information content (AvgIpc) is 3.17. The maximum Gasteiger partial charge on any atom is 0.275 e. The number of carbonyl (C=O) groups excluding carboxylic acids is 2. The summed E-state index contributed by atoms with van der Waals surface area (Å²) in [5.41, 5.74) is 2.43. The Labute approximate surface area is 167 Å². The number of amides is 2. The third-order valence-corrected chi connectivity index (χ3v) is 4.71. The normalized spacial score (nSPS) is 10.2. The number of rotatable bonds is 6. The zero-order chi connectivity index (χ0) is 20.1. The van der Waals surface area contributed by atoms with Gasteiger partial charge in [-0.15, -0.1) is 11.3 Å². The van der Waals surface area contributed by atoms with Crippen molar-refractivity contribution in [2.75, 3.05) is 36.7 Å². The monoisotopic (exact) mass is 396 g/mol. The number of hydrogen-bond donors (Lipinski definition) is 2. The summed E-state index contributed by atoms with van der Waals surface area (Å²) in [6, 6.07) is 14.2. The van der Waals surface area contributed by atoms with Crippen molar-refractivity contribution in [2.45, 2.75) is 0 Å². The molecule has 1 aromatic heterocycles. The number of benzene rings is 2. The lowest BCUT2D eigenvalue weighted by Gasteiger charge is -2.12. The van der Waals surface area contributed by atoms with Gasteiger partial charge in [-0.25, -0.2) is 4.98 Å². The van der Waals surface area contributed by atoms with Crippen LogP contribution in [-0.2, 0) is 0 Å². The van der Waals surface area contributed by atoms with Crippen LogP contribution in [0.1, 0.15) is 20.8 Å². The van der Waals surface area contributed by atoms with Crippen LogP contribution >= 0.6 is 11.3 Å². The maximum atomic E-state index is 12.4. The summed E-state index contributed by atoms with van der Waals surface area (Å²) in [6.07, 6.45) is 0. The standard InChI is InChI=1S/C20H20N4O3S/c1-24(2)15-8-6-14(7-9-15)21-19(26)17-12-28-20(22-17)23-18(25)13-4-10-16(27-3)11-5-13/h4-12H,1-3H3,(H,21,26)(H,22,23,25). The molecule has 8 heteroatoms. The molecule has 2 N–H and O–H groups in total. The highest BCUT2D eigenvalue weighted by Gasteiger charge is 2.14. The smallest absolute Gasteiger partial charge is 0.275 e. The second kappa shape index (κ2) is 8.53. The van der Waals surface area contributed by atoms with Crippen LogP contribution in [0.3, 0.4) is 0 Å². The molecule has 0 spiro atoms. The number of hydrogen-bond acceptors (Lipinski definition) is 6. The molecule has 2 amide bonds. The lowest BCUT2D eigenvalue weighted by Crippen LogP contribution is -2.14. The van der Waals surface area contributed by atoms with E-state index in [0.29, 0.717) is 22.1 Å². The van der Waals surface area contributed by atoms with E-state index in [0.717, 1.165) is 5.69 Å². The minimum Gasteiger partial charge on any atom is -0.497 e. The van der Waals surface area contributed by atoms with Crippen LogP contribution in [0.5, 0.6) is 5.75 Å². The van der Waals surface area contributed by atoms with Gasteiger partial charge in [-0.05, 0) is 48.5 Å². The second-order valence-corrected chi connectivity index (χ2v) is 6.97. The van der Waals surface area contributed by atoms with Crippen LogP contribution in [0.2, 0.25) is 0 Å². The lowest BCUT2D eigenvalue weighted by molar-refractivity contribution is 0.101. The van der Waals surface area contributed by atoms with Crippen LogP contribution in [-0.4, -0.2) is 38.0 Å². The number of nitrogens with one attached hydrogen (secondary N) is 2. The van der Waals surface area contributed by atoms with E-state index in [-0.39, 0.29) is 17.5 Å². The first kappa shape index (κ1) is 19.4. The van der Waals surface area contributed by atoms with E-state index in [1.807, 2.05) is 43.3 Å². The van der Waals surface area contributed by atoms with Crippen molar-refractivity contribution in [3.8, 4) is 5.75 Å². The van der Waals surface area contributed by atoms with E-state index in [2.05, 4.69) is 15.6 Å². The molecule has 0 atom stereocenters. The fourth-order valence-corrected chi connectivity index (χ4v) is 3.07. The Kier molecular flexibility index (Phi) is 5.90. The van der Waals surface area contributed by atoms with Gasteiger partial charge in [0.15, 0.2) is 5.13 Å². The summed E-state index contributed by atoms with van der Waals surface area (Å²) in [6.45, 7) is 0. The quantitative estimate of drug-likeness (QED) is 0.663. The van der Waals surface area contributed by atoms with E-state index >= 15 is 0 Å². The fraction of sp³-hybridized carbons (Fsp3) is 0.150. The minimum atomic E-state index is -0.334. The first-order valence-electron chi connectivity index (χ1n) is 8.46. The summed E-state index contributed by atoms with van der Waals surface area (Å²) in [4.78, 5) is 30.8. The first-order valence-corrected chi connectivity index (χ1v) is 9.34. The summed E-state index contributed by atoms with van der Waals surface area (Å²) in [5.74, 6) is 0.0328. The van der Waals surface area contributed by atoms with Crippen LogP contribution in [0.25, 0.3) is 0 Å². The molecule has 2 aromatic carbocycles. The number of methoxy groups -OCH3 is 1. The molecule has 0 unspecified atom stereocenters. The second-order valence-electron chi connectivity index (χ2n) is 6.12. The van der Waals surface area contributed by atoms with Gasteiger partial charge in [0.2, 0.25) is 0 Å². The Morgan fingerprint density at radius 1 is 0.964 bits per heavy atom. The summed E-state index contributed by atoms with van der Waals surface area (Å²) in [5, 5.41) is 7.45. The van der Waals surface area contributed by atoms with Gasteiger partial charge in [0.25, 0.3) is 11.8 Å². The summed E-state index contributed by atoms with van der Waals surface area (Å²) >= 11 is 1.19. The molecule has 0 aliphatic heterocycles. The van der Waals surface area contributed by atoms with E-state index in [9.17, 15) is 9.59 Å². The van der Waals surface area contributed by atoms with E-state index in [1.165, 1.54) is 11.3 Å². The zero-order valence-corrected chi connectivity index (χ0v) is 16.5. The molecule has 0 radical (unpaired) electrons. The third-order valence-electron chi connectivity index (χ3n) is 3.95. The Morgan fingerprint density at radius 2 is 1.64 bits per heavy atom. The molecule has 0 saturated heterocycles. The van der Waals surface area contributed by atoms with Crippen molar-refractivity contribution in [3.05, 3.63) is 65.2 Å². The summed E-state index contributed by atoms with van der Waals surface area (Å²) in [7, 11) is 5.46. The number of carbonyl (C=O) groups is 2. The predicted octanol–water partition coefficient (Wildman–Crippen LogP) is 3.72. The topological polar surface area (TPSA) is 83.6 Å². The summed E-state index contributed by atoms with van der Waals surface area (Å²) < 4.78 is 5.08. The van der Waals surface area contributed by atoms with Crippen molar-refractivity contribution < 1.29 is 14.3 Å². The predicted molar refractivity (Wildman–Crippen MR) is 112 cm³/mol. The van der Waals surface area contributed by atoms with E-state index < -0.39 is 0 Å². The molecule has 28 heavy (non-hydrogen) atoms. The highest BCUT2D eigenvalue weighted by molar-refractivity contribution is 7.14. The Hall–Kier alpha value is -3.39. The van der Waals surface area contributed by atoms with Crippen molar-refractivity contribution in [2.24, 2.45) is 0 Å². The van der Waals surface area contributed by atoms with Gasteiger partial charge in [0.1, 0.15) is 11.4 Å². The molecule has 0 bridgehead atoms. The minimum absolute atomic E-state index is 0.242. The average molecular weight is 396 g/mol. The first-order chi connectivity index (χ1) is 13.5. The lowest BCUT2D eigenvalue weighted by atomic mass is 10.2. The third kappa shape index (κ3) is 4.66. The van der Waals surface area contributed by atoms with Crippen LogP contribution in [0, 0.1) is 0 Å². The largest absolute Gasteiger partial charge is 0.497 e. The van der Waals surface area contributed by atoms with Gasteiger partial charge in [-0.1, -0.05) is 0 Å². The molecule has 1 heterocycles. The van der Waals surface area contributed by atoms with Gasteiger partial charge >= 0.3 is 0 Å². The van der Waals surface area contributed by atoms with Crippen LogP contribution in [0.15, 0.2) is 53.9 Å². The highest BCUT2D eigenvalue weighted by Crippen LogP contribution is 2.20. The van der Waals surface area contributed by atoms with E-state index in [1.54, 1.807) is 36.8 Å². The van der Waals surface area contributed by atoms with E-state index in [4.69, 9.17) is 4.74 Å². The molecule has 3 rings (SSSR count). The van der Waals surface area contributed by atoms with Crippen molar-refractivity contribution in [1.29, 1.82) is 0 Å². The van der Waals surface area contributed by atoms with Gasteiger partial charge in [0, 0.05) is 36.4 Å². The van der Waals surface area contributed by atoms with Crippen molar-refractivity contribution in [3.63, 3.8) is 0 Å². The Balaban J connectivity index is 1.62. The fourth-order valence-electron chi connectivity index (χ4n) is 2.39. The zero-order valence-electron chi connectivity index (χ0n) is 15.7. The van der Waals surface area contributed by atoms with Gasteiger partial charge in [-0.3, -0.25) is 14.9 Å². The molecule has 7 nitrogen and oxygen atoms in total. The molecule has 0 aliphatic rings. The Bertz CT molecular complexity index is 966. The molecular weight excluding hydrogens is 376 g/mol. The molecule has 3 aromatic rings. The molecule has 0 fully saturated rings. The molecule has 0 aliphatic carbocycles. The van der Waals surface area contributed by atoms with Crippen LogP contribution < -0.4 is 20.3 Å². The number of thiazole rings is 1. The SMILES string of the molecule is COc1ccc(C(=O)Nc2nc(C(=O)Nc3ccc(N(C)C)cc3)cs2)cc1. The van der Waals surface area contributed by atoms with Crippen molar-refractivity contribution >= 4 is 39.7 Å². The number of anilines is 3. The van der Waals surface area contributed by atoms with Gasteiger partial charge in [0.05, 0.1) is 7.11 Å². The number of nitrogens with zero attached hydrogens (tertiary/aromatic N) is 2. The molecule has 144 valence electrons. The van der Waals surface area contributed by atoms with Crippen LogP contribution in [0.4, 0.5) is 16.5 Å². The number of ether oxygens (including phenoxy) is 1.